The summed E-state index contributed by atoms with van der Waals surface area (Å²) >= 11 is 0. The molecule has 1 heterocycles. The van der Waals surface area contributed by atoms with Crippen LogP contribution in [-0.4, -0.2) is 23.7 Å². The quantitative estimate of drug-likeness (QED) is 0.719. The van der Waals surface area contributed by atoms with E-state index in [-0.39, 0.29) is 18.9 Å². The van der Waals surface area contributed by atoms with E-state index in [1.54, 1.807) is 36.7 Å². The van der Waals surface area contributed by atoms with Crippen LogP contribution in [0.4, 0.5) is 0 Å². The Morgan fingerprint density at radius 1 is 1.16 bits per heavy atom. The van der Waals surface area contributed by atoms with Crippen molar-refractivity contribution in [2.45, 2.75) is 18.9 Å². The summed E-state index contributed by atoms with van der Waals surface area (Å²) in [6, 6.07) is 6.81. The number of nitrogens with one attached hydrogen (secondary N) is 2. The molecule has 0 atom stereocenters. The Balaban J connectivity index is 1.96. The monoisotopic (exact) mass is 281 g/mol. The molecule has 1 aromatic carbocycles. The molecule has 2 rings (SSSR count). The lowest BCUT2D eigenvalue weighted by molar-refractivity contribution is 0.282. The first kappa shape index (κ1) is 13.7. The Morgan fingerprint density at radius 2 is 1.84 bits per heavy atom. The van der Waals surface area contributed by atoms with Gasteiger partial charge < -0.3 is 5.11 Å². The lowest BCUT2D eigenvalue weighted by atomic mass is 10.2. The van der Waals surface area contributed by atoms with Gasteiger partial charge in [-0.25, -0.2) is 13.1 Å². The van der Waals surface area contributed by atoms with E-state index in [0.29, 0.717) is 5.56 Å². The highest BCUT2D eigenvalue weighted by molar-refractivity contribution is 7.88. The molecule has 0 radical (unpaired) electrons. The standard InChI is InChI=1S/C12H15N3O3S/c16-8-10-1-3-11(4-2-10)9-19(17,18)15-7-12-5-13-14-6-12/h1-6,15-16H,7-9H2,(H,13,14). The van der Waals surface area contributed by atoms with Crippen molar-refractivity contribution in [2.24, 2.45) is 0 Å². The number of aliphatic hydroxyl groups is 1. The Labute approximate surface area is 111 Å². The minimum atomic E-state index is -3.38. The van der Waals surface area contributed by atoms with E-state index in [0.717, 1.165) is 11.1 Å². The molecular weight excluding hydrogens is 266 g/mol. The van der Waals surface area contributed by atoms with Gasteiger partial charge in [0.15, 0.2) is 0 Å². The fourth-order valence-corrected chi connectivity index (χ4v) is 2.70. The van der Waals surface area contributed by atoms with Gasteiger partial charge in [-0.2, -0.15) is 5.10 Å². The number of hydrogen-bond acceptors (Lipinski definition) is 4. The molecule has 0 bridgehead atoms. The van der Waals surface area contributed by atoms with Crippen LogP contribution in [0.25, 0.3) is 0 Å². The van der Waals surface area contributed by atoms with Gasteiger partial charge >= 0.3 is 0 Å². The zero-order valence-electron chi connectivity index (χ0n) is 10.2. The second-order valence-corrected chi connectivity index (χ2v) is 5.97. The van der Waals surface area contributed by atoms with Gasteiger partial charge in [0, 0.05) is 18.3 Å². The van der Waals surface area contributed by atoms with E-state index in [1.165, 1.54) is 0 Å². The zero-order valence-corrected chi connectivity index (χ0v) is 11.0. The number of aromatic nitrogens is 2. The van der Waals surface area contributed by atoms with Gasteiger partial charge in [-0.15, -0.1) is 0 Å². The fraction of sp³-hybridized carbons (Fsp3) is 0.250. The summed E-state index contributed by atoms with van der Waals surface area (Å²) in [7, 11) is -3.38. The van der Waals surface area contributed by atoms with E-state index in [2.05, 4.69) is 14.9 Å². The summed E-state index contributed by atoms with van der Waals surface area (Å²) < 4.78 is 26.2. The Hall–Kier alpha value is -1.70. The third kappa shape index (κ3) is 4.16. The number of aromatic amines is 1. The van der Waals surface area contributed by atoms with Crippen LogP contribution in [0.5, 0.6) is 0 Å². The number of benzene rings is 1. The van der Waals surface area contributed by atoms with Crippen molar-refractivity contribution in [1.29, 1.82) is 0 Å². The topological polar surface area (TPSA) is 95.1 Å². The van der Waals surface area contributed by atoms with E-state index >= 15 is 0 Å². The van der Waals surface area contributed by atoms with Crippen molar-refractivity contribution < 1.29 is 13.5 Å². The molecule has 0 aliphatic heterocycles. The van der Waals surface area contributed by atoms with E-state index in [1.807, 2.05) is 0 Å². The van der Waals surface area contributed by atoms with Crippen LogP contribution in [0.2, 0.25) is 0 Å². The molecule has 3 N–H and O–H groups in total. The molecule has 0 amide bonds. The van der Waals surface area contributed by atoms with Crippen LogP contribution >= 0.6 is 0 Å². The molecule has 2 aromatic rings. The normalized spacial score (nSPS) is 11.6. The van der Waals surface area contributed by atoms with Crippen LogP contribution in [0.3, 0.4) is 0 Å². The van der Waals surface area contributed by atoms with Crippen molar-refractivity contribution in [1.82, 2.24) is 14.9 Å². The first-order valence-corrected chi connectivity index (χ1v) is 7.38. The van der Waals surface area contributed by atoms with Gasteiger partial charge in [0.05, 0.1) is 18.6 Å². The van der Waals surface area contributed by atoms with Crippen molar-refractivity contribution in [3.8, 4) is 0 Å². The van der Waals surface area contributed by atoms with Gasteiger partial charge in [-0.1, -0.05) is 24.3 Å². The minimum absolute atomic E-state index is 0.0498. The summed E-state index contributed by atoms with van der Waals surface area (Å²) in [6.45, 7) is 0.166. The molecule has 19 heavy (non-hydrogen) atoms. The van der Waals surface area contributed by atoms with Crippen LogP contribution in [0.1, 0.15) is 16.7 Å². The molecule has 102 valence electrons. The smallest absolute Gasteiger partial charge is 0.216 e. The number of nitrogens with zero attached hydrogens (tertiary/aromatic N) is 1. The Morgan fingerprint density at radius 3 is 2.42 bits per heavy atom. The maximum Gasteiger partial charge on any atom is 0.216 e. The average Bonchev–Trinajstić information content (AvgIpc) is 2.90. The number of sulfonamides is 1. The van der Waals surface area contributed by atoms with Crippen molar-refractivity contribution in [2.75, 3.05) is 0 Å². The van der Waals surface area contributed by atoms with Crippen molar-refractivity contribution in [3.63, 3.8) is 0 Å². The Bertz CT molecular complexity index is 606. The summed E-state index contributed by atoms with van der Waals surface area (Å²) in [4.78, 5) is 0. The number of rotatable bonds is 6. The maximum absolute atomic E-state index is 11.9. The molecule has 6 nitrogen and oxygen atoms in total. The molecule has 0 saturated heterocycles. The summed E-state index contributed by atoms with van der Waals surface area (Å²) in [5.41, 5.74) is 2.21. The molecule has 1 aromatic heterocycles. The highest BCUT2D eigenvalue weighted by Crippen LogP contribution is 2.08. The first-order chi connectivity index (χ1) is 9.09. The minimum Gasteiger partial charge on any atom is -0.392 e. The van der Waals surface area contributed by atoms with Gasteiger partial charge in [0.25, 0.3) is 0 Å². The van der Waals surface area contributed by atoms with E-state index in [9.17, 15) is 8.42 Å². The number of hydrogen-bond donors (Lipinski definition) is 3. The van der Waals surface area contributed by atoms with Crippen LogP contribution in [0.15, 0.2) is 36.7 Å². The Kier molecular flexibility index (Phi) is 4.31. The van der Waals surface area contributed by atoms with E-state index < -0.39 is 10.0 Å². The highest BCUT2D eigenvalue weighted by atomic mass is 32.2. The predicted molar refractivity (Wildman–Crippen MR) is 70.4 cm³/mol. The first-order valence-electron chi connectivity index (χ1n) is 5.73. The lowest BCUT2D eigenvalue weighted by Gasteiger charge is -2.06. The lowest BCUT2D eigenvalue weighted by Crippen LogP contribution is -2.24. The van der Waals surface area contributed by atoms with Crippen molar-refractivity contribution >= 4 is 10.0 Å². The largest absolute Gasteiger partial charge is 0.392 e. The predicted octanol–water partition coefficient (Wildman–Crippen LogP) is 0.522. The SMILES string of the molecule is O=S(=O)(Cc1ccc(CO)cc1)NCc1cn[nH]c1. The molecule has 0 aliphatic carbocycles. The van der Waals surface area contributed by atoms with Gasteiger partial charge in [-0.3, -0.25) is 5.10 Å². The second kappa shape index (κ2) is 5.96. The summed E-state index contributed by atoms with van der Waals surface area (Å²) in [5, 5.41) is 15.3. The van der Waals surface area contributed by atoms with Crippen LogP contribution < -0.4 is 4.72 Å². The highest BCUT2D eigenvalue weighted by Gasteiger charge is 2.11. The third-order valence-corrected chi connectivity index (χ3v) is 3.91. The molecule has 7 heteroatoms. The summed E-state index contributed by atoms with van der Waals surface area (Å²) in [5.74, 6) is -0.0867. The van der Waals surface area contributed by atoms with E-state index in [4.69, 9.17) is 5.11 Å². The van der Waals surface area contributed by atoms with Gasteiger partial charge in [0.1, 0.15) is 0 Å². The second-order valence-electron chi connectivity index (χ2n) is 4.16. The molecule has 0 fully saturated rings. The maximum atomic E-state index is 11.9. The average molecular weight is 281 g/mol. The molecule has 0 aliphatic rings. The molecular formula is C12H15N3O3S. The molecule has 0 saturated carbocycles. The van der Waals surface area contributed by atoms with Gasteiger partial charge in [0.2, 0.25) is 10.0 Å². The third-order valence-electron chi connectivity index (χ3n) is 2.61. The summed E-state index contributed by atoms with van der Waals surface area (Å²) in [6.07, 6.45) is 3.21. The van der Waals surface area contributed by atoms with Crippen LogP contribution in [0, 0.1) is 0 Å². The fourth-order valence-electron chi connectivity index (χ4n) is 1.58. The van der Waals surface area contributed by atoms with Crippen LogP contribution in [-0.2, 0) is 28.9 Å². The zero-order chi connectivity index (χ0) is 13.7. The number of aliphatic hydroxyl groups excluding tert-OH is 1. The van der Waals surface area contributed by atoms with Crippen molar-refractivity contribution in [3.05, 3.63) is 53.3 Å². The number of H-pyrrole nitrogens is 1. The molecule has 0 spiro atoms. The van der Waals surface area contributed by atoms with Gasteiger partial charge in [-0.05, 0) is 11.1 Å². The molecule has 0 unspecified atom stereocenters.